The maximum absolute atomic E-state index is 13.2. The lowest BCUT2D eigenvalue weighted by molar-refractivity contribution is -0.121. The number of amides is 1. The Morgan fingerprint density at radius 1 is 1.12 bits per heavy atom. The summed E-state index contributed by atoms with van der Waals surface area (Å²) < 4.78 is 6.18. The molecule has 2 aliphatic rings. The number of anilines is 1. The number of halogens is 1. The summed E-state index contributed by atoms with van der Waals surface area (Å²) in [6.07, 6.45) is 7.86. The van der Waals surface area contributed by atoms with Crippen LogP contribution in [0.15, 0.2) is 40.9 Å². The molecule has 1 unspecified atom stereocenters. The molecule has 1 fully saturated rings. The predicted molar refractivity (Wildman–Crippen MR) is 131 cm³/mol. The van der Waals surface area contributed by atoms with Crippen molar-refractivity contribution >= 4 is 33.3 Å². The van der Waals surface area contributed by atoms with E-state index in [1.165, 1.54) is 11.1 Å². The van der Waals surface area contributed by atoms with Gasteiger partial charge in [0.25, 0.3) is 0 Å². The molecule has 5 heteroatoms. The van der Waals surface area contributed by atoms with E-state index in [2.05, 4.69) is 34.2 Å². The summed E-state index contributed by atoms with van der Waals surface area (Å²) in [4.78, 5) is 26.0. The Morgan fingerprint density at radius 2 is 1.91 bits per heavy atom. The van der Waals surface area contributed by atoms with Crippen LogP contribution in [0.4, 0.5) is 5.69 Å². The molecule has 2 aromatic rings. The Balaban J connectivity index is 1.32. The van der Waals surface area contributed by atoms with E-state index in [0.717, 1.165) is 67.1 Å². The highest BCUT2D eigenvalue weighted by molar-refractivity contribution is 9.10. The van der Waals surface area contributed by atoms with Gasteiger partial charge in [0.15, 0.2) is 5.78 Å². The van der Waals surface area contributed by atoms with Gasteiger partial charge < -0.3 is 10.1 Å². The van der Waals surface area contributed by atoms with Crippen LogP contribution in [0.1, 0.15) is 66.4 Å². The number of fused-ring (bicyclic) bond motifs is 1. The van der Waals surface area contributed by atoms with Crippen molar-refractivity contribution in [3.8, 4) is 5.75 Å². The second-order valence-corrected chi connectivity index (χ2v) is 10.2. The van der Waals surface area contributed by atoms with E-state index in [4.69, 9.17) is 4.74 Å². The minimum Gasteiger partial charge on any atom is -0.495 e. The molecule has 0 spiro atoms. The normalized spacial score (nSPS) is 23.2. The third kappa shape index (κ3) is 5.09. The number of hydrogen-bond donors (Lipinski definition) is 1. The number of hydrogen-bond acceptors (Lipinski definition) is 3. The zero-order valence-electron chi connectivity index (χ0n) is 19.0. The summed E-state index contributed by atoms with van der Waals surface area (Å²) in [5.41, 5.74) is 4.21. The van der Waals surface area contributed by atoms with Crippen LogP contribution in [0.2, 0.25) is 0 Å². The van der Waals surface area contributed by atoms with Gasteiger partial charge in [-0.05, 0) is 103 Å². The van der Waals surface area contributed by atoms with E-state index >= 15 is 0 Å². The molecular formula is C27H32BrNO3. The molecule has 2 aromatic carbocycles. The number of rotatable bonds is 5. The van der Waals surface area contributed by atoms with E-state index in [1.54, 1.807) is 7.11 Å². The Bertz CT molecular complexity index is 994. The first-order valence-corrected chi connectivity index (χ1v) is 12.5. The molecule has 1 amide bonds. The van der Waals surface area contributed by atoms with Crippen LogP contribution in [0.5, 0.6) is 5.75 Å². The maximum atomic E-state index is 13.2. The first-order valence-electron chi connectivity index (χ1n) is 11.7. The largest absolute Gasteiger partial charge is 0.495 e. The summed E-state index contributed by atoms with van der Waals surface area (Å²) in [6, 6.07) is 11.7. The Labute approximate surface area is 199 Å². The summed E-state index contributed by atoms with van der Waals surface area (Å²) >= 11 is 3.44. The average molecular weight is 498 g/mol. The fourth-order valence-corrected chi connectivity index (χ4v) is 5.82. The third-order valence-corrected chi connectivity index (χ3v) is 7.94. The van der Waals surface area contributed by atoms with E-state index < -0.39 is 0 Å². The van der Waals surface area contributed by atoms with Gasteiger partial charge in [0.2, 0.25) is 5.91 Å². The quantitative estimate of drug-likeness (QED) is 0.465. The van der Waals surface area contributed by atoms with Gasteiger partial charge in [-0.2, -0.15) is 0 Å². The predicted octanol–water partition coefficient (Wildman–Crippen LogP) is 6.74. The molecule has 2 aliphatic carbocycles. The summed E-state index contributed by atoms with van der Waals surface area (Å²) in [6.45, 7) is 2.11. The van der Waals surface area contributed by atoms with Crippen molar-refractivity contribution in [2.75, 3.05) is 12.4 Å². The van der Waals surface area contributed by atoms with Crippen LogP contribution in [-0.4, -0.2) is 18.8 Å². The maximum Gasteiger partial charge on any atom is 0.227 e. The van der Waals surface area contributed by atoms with Crippen LogP contribution in [0.3, 0.4) is 0 Å². The van der Waals surface area contributed by atoms with E-state index in [1.807, 2.05) is 30.3 Å². The number of methoxy groups -OCH3 is 1. The van der Waals surface area contributed by atoms with Gasteiger partial charge in [-0.15, -0.1) is 0 Å². The molecule has 0 bridgehead atoms. The fourth-order valence-electron chi connectivity index (χ4n) is 5.41. The van der Waals surface area contributed by atoms with Crippen LogP contribution >= 0.6 is 15.9 Å². The highest BCUT2D eigenvalue weighted by atomic mass is 79.9. The molecular weight excluding hydrogens is 466 g/mol. The van der Waals surface area contributed by atoms with Crippen molar-refractivity contribution in [2.24, 2.45) is 17.8 Å². The number of ketones is 1. The number of aryl methyl sites for hydroxylation is 1. The SMILES string of the molecule is COc1cc(NC(=O)C2CCC(CC3CCCc4c(C)cccc4C3=O)CC2)ccc1Br. The van der Waals surface area contributed by atoms with Gasteiger partial charge in [-0.1, -0.05) is 18.2 Å². The van der Waals surface area contributed by atoms with Gasteiger partial charge in [-0.25, -0.2) is 0 Å². The monoisotopic (exact) mass is 497 g/mol. The summed E-state index contributed by atoms with van der Waals surface area (Å²) in [5.74, 6) is 1.83. The molecule has 0 aromatic heterocycles. The Kier molecular flexibility index (Phi) is 7.34. The summed E-state index contributed by atoms with van der Waals surface area (Å²) in [7, 11) is 1.62. The molecule has 0 aliphatic heterocycles. The molecule has 0 radical (unpaired) electrons. The molecule has 0 saturated heterocycles. The zero-order chi connectivity index (χ0) is 22.7. The smallest absolute Gasteiger partial charge is 0.227 e. The van der Waals surface area contributed by atoms with Gasteiger partial charge >= 0.3 is 0 Å². The van der Waals surface area contributed by atoms with Crippen molar-refractivity contribution in [1.29, 1.82) is 0 Å². The second kappa shape index (κ2) is 10.2. The van der Waals surface area contributed by atoms with Crippen molar-refractivity contribution in [1.82, 2.24) is 0 Å². The lowest BCUT2D eigenvalue weighted by Gasteiger charge is -2.30. The van der Waals surface area contributed by atoms with Gasteiger partial charge in [0.1, 0.15) is 5.75 Å². The van der Waals surface area contributed by atoms with Gasteiger partial charge in [-0.3, -0.25) is 9.59 Å². The molecule has 1 saturated carbocycles. The second-order valence-electron chi connectivity index (χ2n) is 9.35. The third-order valence-electron chi connectivity index (χ3n) is 7.28. The standard InChI is InChI=1S/C27H32BrNO3/c1-17-5-3-8-23-22(17)7-4-6-20(26(23)30)15-18-9-11-19(12-10-18)27(31)29-21-13-14-24(28)25(16-21)32-2/h3,5,8,13-14,16,18-20H,4,6-7,9-12,15H2,1-2H3,(H,29,31). The van der Waals surface area contributed by atoms with Crippen molar-refractivity contribution in [2.45, 2.75) is 58.3 Å². The minimum atomic E-state index is 0.0362. The van der Waals surface area contributed by atoms with Gasteiger partial charge in [0.05, 0.1) is 11.6 Å². The zero-order valence-corrected chi connectivity index (χ0v) is 20.5. The van der Waals surface area contributed by atoms with E-state index in [-0.39, 0.29) is 17.7 Å². The fraction of sp³-hybridized carbons (Fsp3) is 0.481. The van der Waals surface area contributed by atoms with E-state index in [0.29, 0.717) is 17.5 Å². The Morgan fingerprint density at radius 3 is 2.66 bits per heavy atom. The van der Waals surface area contributed by atoms with Crippen molar-refractivity contribution in [3.05, 3.63) is 57.6 Å². The molecule has 4 rings (SSSR count). The number of Topliss-reactive ketones (excluding diaryl/α,β-unsaturated/α-hetero) is 1. The topological polar surface area (TPSA) is 55.4 Å². The molecule has 170 valence electrons. The molecule has 4 nitrogen and oxygen atoms in total. The lowest BCUT2D eigenvalue weighted by atomic mass is 9.76. The van der Waals surface area contributed by atoms with E-state index in [9.17, 15) is 9.59 Å². The summed E-state index contributed by atoms with van der Waals surface area (Å²) in [5, 5.41) is 3.05. The minimum absolute atomic E-state index is 0.0362. The highest BCUT2D eigenvalue weighted by Crippen LogP contribution is 2.37. The average Bonchev–Trinajstić information content (AvgIpc) is 2.95. The first-order chi connectivity index (χ1) is 15.5. The Hall–Kier alpha value is -2.14. The highest BCUT2D eigenvalue weighted by Gasteiger charge is 2.32. The number of carbonyl (C=O) groups is 2. The van der Waals surface area contributed by atoms with Crippen molar-refractivity contribution < 1.29 is 14.3 Å². The lowest BCUT2D eigenvalue weighted by Crippen LogP contribution is -2.28. The van der Waals surface area contributed by atoms with Crippen LogP contribution in [-0.2, 0) is 11.2 Å². The molecule has 32 heavy (non-hydrogen) atoms. The molecule has 1 N–H and O–H groups in total. The number of nitrogens with one attached hydrogen (secondary N) is 1. The van der Waals surface area contributed by atoms with Crippen LogP contribution in [0, 0.1) is 24.7 Å². The van der Waals surface area contributed by atoms with Crippen LogP contribution in [0.25, 0.3) is 0 Å². The molecule has 1 atom stereocenters. The van der Waals surface area contributed by atoms with Crippen molar-refractivity contribution in [3.63, 3.8) is 0 Å². The first kappa shape index (κ1) is 23.0. The van der Waals surface area contributed by atoms with Crippen LogP contribution < -0.4 is 10.1 Å². The van der Waals surface area contributed by atoms with Gasteiger partial charge in [0, 0.05) is 29.2 Å². The molecule has 0 heterocycles. The number of carbonyl (C=O) groups excluding carboxylic acids is 2. The number of benzene rings is 2. The number of ether oxygens (including phenoxy) is 1.